The van der Waals surface area contributed by atoms with Crippen LogP contribution in [0.5, 0.6) is 0 Å². The molecular formula is C31H48ClF4NO2. The summed E-state index contributed by atoms with van der Waals surface area (Å²) in [5, 5.41) is 12.6. The van der Waals surface area contributed by atoms with Crippen LogP contribution in [0.3, 0.4) is 0 Å². The number of rotatable bonds is 21. The first-order valence-electron chi connectivity index (χ1n) is 14.8. The number of hydrogen-bond donors (Lipinski definition) is 2. The van der Waals surface area contributed by atoms with Gasteiger partial charge in [-0.25, -0.2) is 4.39 Å². The van der Waals surface area contributed by atoms with Crippen LogP contribution in [0.25, 0.3) is 6.08 Å². The number of hydrogen-bond acceptors (Lipinski definition) is 2. The number of nitrogens with one attached hydrogen (secondary N) is 1. The summed E-state index contributed by atoms with van der Waals surface area (Å²) in [5.74, 6) is -1.18. The molecule has 0 aromatic heterocycles. The van der Waals surface area contributed by atoms with E-state index >= 15 is 0 Å². The SMILES string of the molecule is CCCCCCCCCCCCCCCCCC(=O)N[C@@H](CC)[C@H](O)/C=C\c1cc(C(F)(F)F)cc(Cl)c1F. The van der Waals surface area contributed by atoms with Gasteiger partial charge in [-0.05, 0) is 25.0 Å². The molecule has 8 heteroatoms. The van der Waals surface area contributed by atoms with E-state index in [0.29, 0.717) is 25.0 Å². The molecule has 2 N–H and O–H groups in total. The number of amides is 1. The summed E-state index contributed by atoms with van der Waals surface area (Å²) in [7, 11) is 0. The van der Waals surface area contributed by atoms with Gasteiger partial charge in [-0.2, -0.15) is 13.2 Å². The van der Waals surface area contributed by atoms with Gasteiger partial charge in [0.1, 0.15) is 5.82 Å². The van der Waals surface area contributed by atoms with Crippen molar-refractivity contribution in [1.82, 2.24) is 5.32 Å². The van der Waals surface area contributed by atoms with E-state index in [9.17, 15) is 27.5 Å². The number of aliphatic hydroxyl groups excluding tert-OH is 1. The van der Waals surface area contributed by atoms with Crippen LogP contribution in [-0.4, -0.2) is 23.2 Å². The summed E-state index contributed by atoms with van der Waals surface area (Å²) < 4.78 is 53.2. The summed E-state index contributed by atoms with van der Waals surface area (Å²) in [6, 6.07) is 0.535. The first-order chi connectivity index (χ1) is 18.6. The van der Waals surface area contributed by atoms with Gasteiger partial charge in [0.05, 0.1) is 22.7 Å². The van der Waals surface area contributed by atoms with Crippen molar-refractivity contribution in [2.24, 2.45) is 0 Å². The van der Waals surface area contributed by atoms with Crippen molar-refractivity contribution in [1.29, 1.82) is 0 Å². The van der Waals surface area contributed by atoms with Gasteiger partial charge in [0.2, 0.25) is 5.91 Å². The topological polar surface area (TPSA) is 49.3 Å². The molecule has 1 aromatic rings. The van der Waals surface area contributed by atoms with Gasteiger partial charge in [0.15, 0.2) is 0 Å². The zero-order valence-electron chi connectivity index (χ0n) is 23.7. The lowest BCUT2D eigenvalue weighted by molar-refractivity contribution is -0.137. The molecule has 2 atom stereocenters. The van der Waals surface area contributed by atoms with Crippen molar-refractivity contribution in [3.05, 3.63) is 40.2 Å². The first kappa shape index (κ1) is 35.4. The zero-order valence-corrected chi connectivity index (χ0v) is 24.5. The highest BCUT2D eigenvalue weighted by Gasteiger charge is 2.32. The highest BCUT2D eigenvalue weighted by atomic mass is 35.5. The summed E-state index contributed by atoms with van der Waals surface area (Å²) >= 11 is 5.61. The minimum Gasteiger partial charge on any atom is -0.387 e. The Morgan fingerprint density at radius 2 is 1.38 bits per heavy atom. The third-order valence-corrected chi connectivity index (χ3v) is 7.34. The van der Waals surface area contributed by atoms with E-state index in [1.807, 2.05) is 0 Å². The second-order valence-electron chi connectivity index (χ2n) is 10.5. The maximum absolute atomic E-state index is 14.2. The molecule has 0 aliphatic heterocycles. The molecule has 0 radical (unpaired) electrons. The van der Waals surface area contributed by atoms with Crippen LogP contribution in [0.2, 0.25) is 5.02 Å². The van der Waals surface area contributed by atoms with Gasteiger partial charge in [0.25, 0.3) is 0 Å². The lowest BCUT2D eigenvalue weighted by Gasteiger charge is -2.20. The third kappa shape index (κ3) is 15.7. The highest BCUT2D eigenvalue weighted by Crippen LogP contribution is 2.34. The van der Waals surface area contributed by atoms with E-state index in [0.717, 1.165) is 25.3 Å². The van der Waals surface area contributed by atoms with Crippen molar-refractivity contribution in [2.75, 3.05) is 0 Å². The molecule has 0 unspecified atom stereocenters. The first-order valence-corrected chi connectivity index (χ1v) is 15.2. The third-order valence-electron chi connectivity index (χ3n) is 7.06. The number of aliphatic hydroxyl groups is 1. The van der Waals surface area contributed by atoms with Crippen LogP contribution >= 0.6 is 11.6 Å². The lowest BCUT2D eigenvalue weighted by atomic mass is 10.0. The Kier molecular flexibility index (Phi) is 18.4. The molecule has 3 nitrogen and oxygen atoms in total. The predicted molar refractivity (Wildman–Crippen MR) is 153 cm³/mol. The molecule has 0 heterocycles. The molecule has 0 fully saturated rings. The fourth-order valence-corrected chi connectivity index (χ4v) is 4.82. The fourth-order valence-electron chi connectivity index (χ4n) is 4.60. The molecule has 0 saturated carbocycles. The molecule has 39 heavy (non-hydrogen) atoms. The Hall–Kier alpha value is -1.60. The van der Waals surface area contributed by atoms with Gasteiger partial charge in [0, 0.05) is 12.0 Å². The van der Waals surface area contributed by atoms with E-state index in [4.69, 9.17) is 11.6 Å². The van der Waals surface area contributed by atoms with Gasteiger partial charge in [-0.3, -0.25) is 4.79 Å². The average Bonchev–Trinajstić information content (AvgIpc) is 2.89. The van der Waals surface area contributed by atoms with Crippen molar-refractivity contribution in [3.8, 4) is 0 Å². The predicted octanol–water partition coefficient (Wildman–Crippen LogP) is 10.0. The Labute approximate surface area is 237 Å². The van der Waals surface area contributed by atoms with Crippen molar-refractivity contribution < 1.29 is 27.5 Å². The standard InChI is InChI=1S/C31H48ClF4NO2/c1-3-5-6-7-8-9-10-11-12-13-14-15-16-17-18-19-29(39)37-27(4-2)28(38)21-20-24-22-25(31(34,35)36)23-26(32)30(24)33/h20-23,27-28,38H,3-19H2,1-2H3,(H,37,39)/b21-20-/t27-,28+/m0/s1. The number of halogens is 5. The number of carbonyl (C=O) groups excluding carboxylic acids is 1. The fraction of sp³-hybridized carbons (Fsp3) is 0.710. The van der Waals surface area contributed by atoms with E-state index in [-0.39, 0.29) is 11.5 Å². The van der Waals surface area contributed by atoms with E-state index in [1.165, 1.54) is 83.1 Å². The maximum Gasteiger partial charge on any atom is 0.416 e. The molecule has 0 bridgehead atoms. The normalized spacial score (nSPS) is 13.6. The minimum atomic E-state index is -4.68. The minimum absolute atomic E-state index is 0.183. The van der Waals surface area contributed by atoms with Crippen LogP contribution in [0.15, 0.2) is 18.2 Å². The Morgan fingerprint density at radius 3 is 1.85 bits per heavy atom. The van der Waals surface area contributed by atoms with E-state index in [2.05, 4.69) is 12.2 Å². The van der Waals surface area contributed by atoms with Crippen LogP contribution in [0.1, 0.15) is 134 Å². The molecule has 0 aliphatic rings. The molecule has 224 valence electrons. The summed E-state index contributed by atoms with van der Waals surface area (Å²) in [6.07, 6.45) is 15.8. The molecule has 0 saturated heterocycles. The highest BCUT2D eigenvalue weighted by molar-refractivity contribution is 6.31. The molecule has 1 rings (SSSR count). The zero-order chi connectivity index (χ0) is 29.1. The van der Waals surface area contributed by atoms with Gasteiger partial charge in [-0.15, -0.1) is 0 Å². The van der Waals surface area contributed by atoms with Crippen LogP contribution in [0.4, 0.5) is 17.6 Å². The maximum atomic E-state index is 14.2. The van der Waals surface area contributed by atoms with E-state index < -0.39 is 34.7 Å². The van der Waals surface area contributed by atoms with Crippen molar-refractivity contribution in [3.63, 3.8) is 0 Å². The largest absolute Gasteiger partial charge is 0.416 e. The molecule has 0 aliphatic carbocycles. The van der Waals surface area contributed by atoms with Gasteiger partial charge in [-0.1, -0.05) is 127 Å². The Bertz CT molecular complexity index is 845. The van der Waals surface area contributed by atoms with Crippen molar-refractivity contribution in [2.45, 2.75) is 141 Å². The summed E-state index contributed by atoms with van der Waals surface area (Å²) in [4.78, 5) is 12.3. The summed E-state index contributed by atoms with van der Waals surface area (Å²) in [5.41, 5.74) is -1.46. The molecule has 0 spiro atoms. The van der Waals surface area contributed by atoms with E-state index in [1.54, 1.807) is 6.92 Å². The Balaban J connectivity index is 2.25. The summed E-state index contributed by atoms with van der Waals surface area (Å²) in [6.45, 7) is 4.02. The molecule has 1 amide bonds. The average molecular weight is 578 g/mol. The second-order valence-corrected chi connectivity index (χ2v) is 10.9. The van der Waals surface area contributed by atoms with Crippen LogP contribution in [0, 0.1) is 5.82 Å². The molecule has 1 aromatic carbocycles. The molecular weight excluding hydrogens is 530 g/mol. The van der Waals surface area contributed by atoms with Crippen molar-refractivity contribution >= 4 is 23.6 Å². The number of unbranched alkanes of at least 4 members (excludes halogenated alkanes) is 14. The smallest absolute Gasteiger partial charge is 0.387 e. The number of benzene rings is 1. The number of alkyl halides is 3. The van der Waals surface area contributed by atoms with Crippen LogP contribution in [-0.2, 0) is 11.0 Å². The number of carbonyl (C=O) groups is 1. The second kappa shape index (κ2) is 20.3. The Morgan fingerprint density at radius 1 is 0.897 bits per heavy atom. The monoisotopic (exact) mass is 577 g/mol. The lowest BCUT2D eigenvalue weighted by Crippen LogP contribution is -2.42. The van der Waals surface area contributed by atoms with Gasteiger partial charge >= 0.3 is 6.18 Å². The van der Waals surface area contributed by atoms with Gasteiger partial charge < -0.3 is 10.4 Å². The van der Waals surface area contributed by atoms with Crippen LogP contribution < -0.4 is 5.32 Å². The quantitative estimate of drug-likeness (QED) is 0.113.